The molecule has 1 aliphatic heterocycles. The summed E-state index contributed by atoms with van der Waals surface area (Å²) >= 11 is 0. The Morgan fingerprint density at radius 3 is 2.30 bits per heavy atom. The van der Waals surface area contributed by atoms with E-state index in [9.17, 15) is 4.79 Å². The Balaban J connectivity index is 1.57. The van der Waals surface area contributed by atoms with Crippen LogP contribution in [0.15, 0.2) is 54.0 Å². The van der Waals surface area contributed by atoms with Gasteiger partial charge in [-0.05, 0) is 42.5 Å². The second-order valence-corrected chi connectivity index (χ2v) is 8.35. The maximum absolute atomic E-state index is 13.6. The van der Waals surface area contributed by atoms with Crippen molar-refractivity contribution in [2.45, 2.75) is 31.7 Å². The third kappa shape index (κ3) is 3.51. The molecular formula is C25H26N4O4. The molecule has 5 rings (SSSR count). The van der Waals surface area contributed by atoms with E-state index in [0.29, 0.717) is 36.0 Å². The van der Waals surface area contributed by atoms with E-state index in [4.69, 9.17) is 14.2 Å². The number of nitrogens with zero attached hydrogens (tertiary/aromatic N) is 3. The van der Waals surface area contributed by atoms with E-state index in [1.807, 2.05) is 19.1 Å². The maximum Gasteiger partial charge on any atom is 0.226 e. The van der Waals surface area contributed by atoms with Crippen molar-refractivity contribution in [2.75, 3.05) is 26.6 Å². The van der Waals surface area contributed by atoms with Gasteiger partial charge in [0.05, 0.1) is 21.3 Å². The molecule has 33 heavy (non-hydrogen) atoms. The van der Waals surface area contributed by atoms with Crippen LogP contribution < -0.4 is 19.5 Å². The van der Waals surface area contributed by atoms with Crippen molar-refractivity contribution in [3.8, 4) is 17.2 Å². The van der Waals surface area contributed by atoms with Crippen LogP contribution in [-0.2, 0) is 4.79 Å². The number of allylic oxidation sites excluding steroid dienone is 2. The second kappa shape index (κ2) is 8.27. The molecule has 0 saturated carbocycles. The van der Waals surface area contributed by atoms with Gasteiger partial charge in [-0.3, -0.25) is 4.79 Å². The topological polar surface area (TPSA) is 87.5 Å². The summed E-state index contributed by atoms with van der Waals surface area (Å²) in [5.74, 6) is 2.38. The zero-order valence-corrected chi connectivity index (χ0v) is 19.1. The molecule has 1 aromatic heterocycles. The van der Waals surface area contributed by atoms with Gasteiger partial charge in [-0.1, -0.05) is 29.8 Å². The zero-order valence-electron chi connectivity index (χ0n) is 19.1. The molecule has 2 aromatic carbocycles. The van der Waals surface area contributed by atoms with Crippen LogP contribution in [0, 0.1) is 6.92 Å². The van der Waals surface area contributed by atoms with Gasteiger partial charge in [-0.2, -0.15) is 10.1 Å². The first-order valence-corrected chi connectivity index (χ1v) is 10.8. The van der Waals surface area contributed by atoms with Crippen molar-refractivity contribution >= 4 is 11.7 Å². The van der Waals surface area contributed by atoms with Crippen LogP contribution in [0.2, 0.25) is 0 Å². The summed E-state index contributed by atoms with van der Waals surface area (Å²) in [7, 11) is 4.76. The Bertz CT molecular complexity index is 1220. The van der Waals surface area contributed by atoms with Gasteiger partial charge in [-0.25, -0.2) is 4.68 Å². The first kappa shape index (κ1) is 21.1. The Labute approximate surface area is 192 Å². The number of aromatic nitrogens is 3. The predicted octanol–water partition coefficient (Wildman–Crippen LogP) is 4.03. The number of nitrogens with one attached hydrogen (secondary N) is 1. The minimum absolute atomic E-state index is 0.0365. The molecule has 0 radical (unpaired) electrons. The summed E-state index contributed by atoms with van der Waals surface area (Å²) in [6.45, 7) is 2.05. The van der Waals surface area contributed by atoms with Crippen LogP contribution in [0.25, 0.3) is 0 Å². The summed E-state index contributed by atoms with van der Waals surface area (Å²) < 4.78 is 18.3. The summed E-state index contributed by atoms with van der Waals surface area (Å²) in [6, 6.07) is 11.8. The smallest absolute Gasteiger partial charge is 0.226 e. The number of rotatable bonds is 5. The van der Waals surface area contributed by atoms with E-state index in [2.05, 4.69) is 39.7 Å². The minimum atomic E-state index is -0.298. The Hall–Kier alpha value is -3.81. The number of Topliss-reactive ketones (excluding diaryl/α,β-unsaturated/α-hetero) is 1. The lowest BCUT2D eigenvalue weighted by Crippen LogP contribution is -2.33. The Morgan fingerprint density at radius 2 is 1.67 bits per heavy atom. The summed E-state index contributed by atoms with van der Waals surface area (Å²) in [5.41, 5.74) is 4.78. The molecular weight excluding hydrogens is 420 g/mol. The van der Waals surface area contributed by atoms with E-state index >= 15 is 0 Å². The maximum atomic E-state index is 13.6. The molecule has 0 saturated heterocycles. The predicted molar refractivity (Wildman–Crippen MR) is 123 cm³/mol. The van der Waals surface area contributed by atoms with Crippen molar-refractivity contribution in [1.29, 1.82) is 0 Å². The van der Waals surface area contributed by atoms with Crippen LogP contribution in [0.3, 0.4) is 0 Å². The molecule has 2 heterocycles. The molecule has 8 heteroatoms. The number of aryl methyl sites for hydroxylation is 1. The lowest BCUT2D eigenvalue weighted by molar-refractivity contribution is -0.116. The third-order valence-corrected chi connectivity index (χ3v) is 6.41. The zero-order chi connectivity index (χ0) is 23.1. The lowest BCUT2D eigenvalue weighted by Gasteiger charge is -2.35. The van der Waals surface area contributed by atoms with Gasteiger partial charge in [0.1, 0.15) is 12.4 Å². The van der Waals surface area contributed by atoms with Gasteiger partial charge in [0.25, 0.3) is 0 Å². The Kier molecular flexibility index (Phi) is 5.28. The normalized spacial score (nSPS) is 19.5. The molecule has 170 valence electrons. The standard InChI is InChI=1S/C25H26N4O4/c1-14-5-7-15(8-6-14)23-22-18(28-25-26-13-27-29(23)25)9-16(10-19(22)30)17-11-20(31-2)24(33-4)21(12-17)32-3/h5-8,11-13,16,23H,9-10H2,1-4H3,(H,26,27,28)/t16-,23+/m1/s1. The van der Waals surface area contributed by atoms with Crippen molar-refractivity contribution < 1.29 is 19.0 Å². The number of hydrogen-bond donors (Lipinski definition) is 1. The van der Waals surface area contributed by atoms with Gasteiger partial charge in [-0.15, -0.1) is 0 Å². The average Bonchev–Trinajstić information content (AvgIpc) is 3.30. The lowest BCUT2D eigenvalue weighted by atomic mass is 9.77. The fourth-order valence-electron chi connectivity index (χ4n) is 4.78. The molecule has 3 aromatic rings. The van der Waals surface area contributed by atoms with Gasteiger partial charge in [0.15, 0.2) is 17.3 Å². The SMILES string of the molecule is COc1cc([C@H]2CC(=O)C3=C(C2)Nc2ncnn2[C@H]3c2ccc(C)cc2)cc(OC)c1OC. The molecule has 8 nitrogen and oxygen atoms in total. The average molecular weight is 447 g/mol. The van der Waals surface area contributed by atoms with Gasteiger partial charge < -0.3 is 19.5 Å². The number of anilines is 1. The molecule has 2 atom stereocenters. The number of ketones is 1. The number of ether oxygens (including phenoxy) is 3. The first-order chi connectivity index (χ1) is 16.0. The fourth-order valence-corrected chi connectivity index (χ4v) is 4.78. The van der Waals surface area contributed by atoms with Crippen LogP contribution in [0.5, 0.6) is 17.2 Å². The molecule has 0 spiro atoms. The Morgan fingerprint density at radius 1 is 0.970 bits per heavy atom. The fraction of sp³-hybridized carbons (Fsp3) is 0.320. The van der Waals surface area contributed by atoms with E-state index in [0.717, 1.165) is 28.0 Å². The number of carbonyl (C=O) groups is 1. The van der Waals surface area contributed by atoms with E-state index in [-0.39, 0.29) is 17.7 Å². The summed E-state index contributed by atoms with van der Waals surface area (Å²) in [6.07, 6.45) is 2.56. The van der Waals surface area contributed by atoms with Crippen LogP contribution in [-0.4, -0.2) is 41.9 Å². The first-order valence-electron chi connectivity index (χ1n) is 10.8. The monoisotopic (exact) mass is 446 g/mol. The second-order valence-electron chi connectivity index (χ2n) is 8.35. The summed E-state index contributed by atoms with van der Waals surface area (Å²) in [4.78, 5) is 18.0. The summed E-state index contributed by atoms with van der Waals surface area (Å²) in [5, 5.41) is 7.77. The van der Waals surface area contributed by atoms with Gasteiger partial charge >= 0.3 is 0 Å². The number of fused-ring (bicyclic) bond motifs is 1. The molecule has 1 N–H and O–H groups in total. The molecule has 0 fully saturated rings. The number of benzene rings is 2. The van der Waals surface area contributed by atoms with E-state index < -0.39 is 0 Å². The van der Waals surface area contributed by atoms with Crippen molar-refractivity contribution in [3.05, 3.63) is 70.7 Å². The van der Waals surface area contributed by atoms with Crippen LogP contribution in [0.4, 0.5) is 5.95 Å². The highest BCUT2D eigenvalue weighted by Gasteiger charge is 2.39. The van der Waals surface area contributed by atoms with Crippen molar-refractivity contribution in [3.63, 3.8) is 0 Å². The minimum Gasteiger partial charge on any atom is -0.493 e. The third-order valence-electron chi connectivity index (χ3n) is 6.41. The number of methoxy groups -OCH3 is 3. The highest BCUT2D eigenvalue weighted by molar-refractivity contribution is 6.00. The van der Waals surface area contributed by atoms with Gasteiger partial charge in [0.2, 0.25) is 11.7 Å². The highest BCUT2D eigenvalue weighted by Crippen LogP contribution is 2.47. The number of hydrogen-bond acceptors (Lipinski definition) is 7. The molecule has 0 unspecified atom stereocenters. The van der Waals surface area contributed by atoms with Gasteiger partial charge in [0, 0.05) is 17.7 Å². The largest absolute Gasteiger partial charge is 0.493 e. The highest BCUT2D eigenvalue weighted by atomic mass is 16.5. The molecule has 0 bridgehead atoms. The molecule has 2 aliphatic rings. The van der Waals surface area contributed by atoms with Crippen molar-refractivity contribution in [1.82, 2.24) is 14.8 Å². The molecule has 1 aliphatic carbocycles. The van der Waals surface area contributed by atoms with E-state index in [1.54, 1.807) is 26.0 Å². The molecule has 0 amide bonds. The van der Waals surface area contributed by atoms with E-state index in [1.165, 1.54) is 6.33 Å². The van der Waals surface area contributed by atoms with Crippen molar-refractivity contribution in [2.24, 2.45) is 0 Å². The van der Waals surface area contributed by atoms with Crippen LogP contribution >= 0.6 is 0 Å². The number of carbonyl (C=O) groups excluding carboxylic acids is 1. The quantitative estimate of drug-likeness (QED) is 0.633. The van der Waals surface area contributed by atoms with Crippen LogP contribution in [0.1, 0.15) is 41.5 Å².